The minimum Gasteiger partial charge on any atom is -0.449 e. The monoisotopic (exact) mass is 290 g/mol. The van der Waals surface area contributed by atoms with Crippen molar-refractivity contribution in [2.24, 2.45) is 0 Å². The molecule has 1 aromatic carbocycles. The number of carbonyl (C=O) groups is 1. The lowest BCUT2D eigenvalue weighted by Crippen LogP contribution is -2.14. The smallest absolute Gasteiger partial charge is 0.411 e. The molecule has 1 N–H and O–H groups in total. The minimum absolute atomic E-state index is 0.370. The van der Waals surface area contributed by atoms with Crippen molar-refractivity contribution < 1.29 is 9.53 Å². The van der Waals surface area contributed by atoms with Gasteiger partial charge in [0.05, 0.1) is 6.61 Å². The molecule has 0 aliphatic carbocycles. The SMILES string of the molecule is O=C(Nc1cccc(Cl)c1)OCCCc1ccncc1. The summed E-state index contributed by atoms with van der Waals surface area (Å²) in [6.45, 7) is 0.370. The highest BCUT2D eigenvalue weighted by molar-refractivity contribution is 6.30. The summed E-state index contributed by atoms with van der Waals surface area (Å²) in [7, 11) is 0. The Labute approximate surface area is 122 Å². The first-order valence-corrected chi connectivity index (χ1v) is 6.70. The van der Waals surface area contributed by atoms with E-state index in [1.165, 1.54) is 5.56 Å². The number of hydrogen-bond donors (Lipinski definition) is 1. The zero-order chi connectivity index (χ0) is 14.2. The predicted octanol–water partition coefficient (Wildman–Crippen LogP) is 3.92. The molecule has 0 spiro atoms. The molecule has 1 aromatic heterocycles. The fourth-order valence-corrected chi connectivity index (χ4v) is 1.90. The van der Waals surface area contributed by atoms with Crippen LogP contribution in [-0.2, 0) is 11.2 Å². The van der Waals surface area contributed by atoms with Crippen LogP contribution in [0.5, 0.6) is 0 Å². The Bertz CT molecular complexity index is 561. The molecule has 104 valence electrons. The maximum absolute atomic E-state index is 11.5. The molecule has 5 heteroatoms. The standard InChI is InChI=1S/C15H15ClN2O2/c16-13-4-1-5-14(11-13)18-15(19)20-10-2-3-12-6-8-17-9-7-12/h1,4-9,11H,2-3,10H2,(H,18,19). The van der Waals surface area contributed by atoms with E-state index in [0.717, 1.165) is 12.8 Å². The van der Waals surface area contributed by atoms with Crippen LogP contribution in [0.2, 0.25) is 5.02 Å². The summed E-state index contributed by atoms with van der Waals surface area (Å²) in [4.78, 5) is 15.5. The highest BCUT2D eigenvalue weighted by atomic mass is 35.5. The van der Waals surface area contributed by atoms with E-state index in [0.29, 0.717) is 17.3 Å². The molecule has 0 fully saturated rings. The number of halogens is 1. The Kier molecular flexibility index (Phi) is 5.38. The van der Waals surface area contributed by atoms with Crippen molar-refractivity contribution in [2.75, 3.05) is 11.9 Å². The van der Waals surface area contributed by atoms with Crippen molar-refractivity contribution in [1.29, 1.82) is 0 Å². The number of benzene rings is 1. The van der Waals surface area contributed by atoms with Gasteiger partial charge in [0.2, 0.25) is 0 Å². The fourth-order valence-electron chi connectivity index (χ4n) is 1.71. The van der Waals surface area contributed by atoms with Crippen molar-refractivity contribution >= 4 is 23.4 Å². The van der Waals surface area contributed by atoms with Gasteiger partial charge in [-0.1, -0.05) is 17.7 Å². The van der Waals surface area contributed by atoms with Gasteiger partial charge in [0.25, 0.3) is 0 Å². The third kappa shape index (κ3) is 4.90. The van der Waals surface area contributed by atoms with Crippen molar-refractivity contribution in [3.8, 4) is 0 Å². The molecule has 0 bridgehead atoms. The van der Waals surface area contributed by atoms with Crippen LogP contribution in [0.25, 0.3) is 0 Å². The van der Waals surface area contributed by atoms with E-state index in [1.54, 1.807) is 36.7 Å². The average Bonchev–Trinajstić information content (AvgIpc) is 2.45. The van der Waals surface area contributed by atoms with Crippen molar-refractivity contribution in [3.63, 3.8) is 0 Å². The lowest BCUT2D eigenvalue weighted by atomic mass is 10.1. The molecular weight excluding hydrogens is 276 g/mol. The first-order valence-electron chi connectivity index (χ1n) is 6.32. The number of aryl methyl sites for hydroxylation is 1. The number of hydrogen-bond acceptors (Lipinski definition) is 3. The van der Waals surface area contributed by atoms with Gasteiger partial charge in [-0.05, 0) is 48.7 Å². The normalized spacial score (nSPS) is 10.1. The summed E-state index contributed by atoms with van der Waals surface area (Å²) in [5.41, 5.74) is 1.80. The Morgan fingerprint density at radius 1 is 1.25 bits per heavy atom. The summed E-state index contributed by atoms with van der Waals surface area (Å²) in [5, 5.41) is 3.20. The van der Waals surface area contributed by atoms with E-state index in [1.807, 2.05) is 12.1 Å². The van der Waals surface area contributed by atoms with Crippen LogP contribution in [0.1, 0.15) is 12.0 Å². The number of carbonyl (C=O) groups excluding carboxylic acids is 1. The second-order valence-electron chi connectivity index (χ2n) is 4.23. The van der Waals surface area contributed by atoms with E-state index in [2.05, 4.69) is 10.3 Å². The second kappa shape index (κ2) is 7.50. The van der Waals surface area contributed by atoms with Crippen LogP contribution in [0, 0.1) is 0 Å². The quantitative estimate of drug-likeness (QED) is 0.849. The molecule has 0 unspecified atom stereocenters. The van der Waals surface area contributed by atoms with Crippen molar-refractivity contribution in [3.05, 3.63) is 59.4 Å². The third-order valence-corrected chi connectivity index (χ3v) is 2.90. The molecule has 0 atom stereocenters. The van der Waals surface area contributed by atoms with Gasteiger partial charge in [0.1, 0.15) is 0 Å². The highest BCUT2D eigenvalue weighted by Gasteiger charge is 2.03. The second-order valence-corrected chi connectivity index (χ2v) is 4.67. The molecule has 0 saturated heterocycles. The van der Waals surface area contributed by atoms with Gasteiger partial charge in [-0.25, -0.2) is 4.79 Å². The van der Waals surface area contributed by atoms with Gasteiger partial charge in [-0.2, -0.15) is 0 Å². The zero-order valence-corrected chi connectivity index (χ0v) is 11.6. The number of amides is 1. The van der Waals surface area contributed by atoms with E-state index in [-0.39, 0.29) is 0 Å². The van der Waals surface area contributed by atoms with E-state index in [9.17, 15) is 4.79 Å². The summed E-state index contributed by atoms with van der Waals surface area (Å²) in [6.07, 6.45) is 4.66. The van der Waals surface area contributed by atoms with Gasteiger partial charge in [-0.3, -0.25) is 10.3 Å². The molecule has 4 nitrogen and oxygen atoms in total. The average molecular weight is 291 g/mol. The Morgan fingerprint density at radius 2 is 2.05 bits per heavy atom. The minimum atomic E-state index is -0.470. The van der Waals surface area contributed by atoms with Crippen LogP contribution < -0.4 is 5.32 Å². The van der Waals surface area contributed by atoms with Crippen LogP contribution in [0.4, 0.5) is 10.5 Å². The maximum atomic E-state index is 11.5. The molecule has 0 radical (unpaired) electrons. The fraction of sp³-hybridized carbons (Fsp3) is 0.200. The van der Waals surface area contributed by atoms with E-state index < -0.39 is 6.09 Å². The molecule has 20 heavy (non-hydrogen) atoms. The largest absolute Gasteiger partial charge is 0.449 e. The topological polar surface area (TPSA) is 51.2 Å². The number of aromatic nitrogens is 1. The van der Waals surface area contributed by atoms with Crippen LogP contribution in [-0.4, -0.2) is 17.7 Å². The molecule has 0 saturated carbocycles. The number of pyridine rings is 1. The predicted molar refractivity (Wildman–Crippen MR) is 79.0 cm³/mol. The molecule has 0 aliphatic heterocycles. The van der Waals surface area contributed by atoms with Crippen molar-refractivity contribution in [2.45, 2.75) is 12.8 Å². The summed E-state index contributed by atoms with van der Waals surface area (Å²) >= 11 is 5.83. The maximum Gasteiger partial charge on any atom is 0.411 e. The number of nitrogens with zero attached hydrogens (tertiary/aromatic N) is 1. The molecule has 2 rings (SSSR count). The molecular formula is C15H15ClN2O2. The number of nitrogens with one attached hydrogen (secondary N) is 1. The van der Waals surface area contributed by atoms with E-state index in [4.69, 9.17) is 16.3 Å². The third-order valence-electron chi connectivity index (χ3n) is 2.66. The molecule has 0 aliphatic rings. The van der Waals surface area contributed by atoms with Crippen molar-refractivity contribution in [1.82, 2.24) is 4.98 Å². The first kappa shape index (κ1) is 14.3. The summed E-state index contributed by atoms with van der Waals surface area (Å²) in [5.74, 6) is 0. The number of anilines is 1. The Morgan fingerprint density at radius 3 is 2.80 bits per heavy atom. The van der Waals surface area contributed by atoms with Gasteiger partial charge in [0.15, 0.2) is 0 Å². The Balaban J connectivity index is 1.68. The van der Waals surface area contributed by atoms with Gasteiger partial charge >= 0.3 is 6.09 Å². The lowest BCUT2D eigenvalue weighted by molar-refractivity contribution is 0.160. The highest BCUT2D eigenvalue weighted by Crippen LogP contribution is 2.15. The van der Waals surface area contributed by atoms with E-state index >= 15 is 0 Å². The Hall–Kier alpha value is -2.07. The van der Waals surface area contributed by atoms with Crippen LogP contribution in [0.3, 0.4) is 0 Å². The summed E-state index contributed by atoms with van der Waals surface area (Å²) in [6, 6.07) is 10.8. The zero-order valence-electron chi connectivity index (χ0n) is 10.9. The first-order chi connectivity index (χ1) is 9.74. The van der Waals surface area contributed by atoms with Crippen LogP contribution >= 0.6 is 11.6 Å². The number of rotatable bonds is 5. The molecule has 1 heterocycles. The molecule has 1 amide bonds. The molecule has 2 aromatic rings. The van der Waals surface area contributed by atoms with Gasteiger partial charge in [-0.15, -0.1) is 0 Å². The van der Waals surface area contributed by atoms with Crippen LogP contribution in [0.15, 0.2) is 48.8 Å². The lowest BCUT2D eigenvalue weighted by Gasteiger charge is -2.07. The number of ether oxygens (including phenoxy) is 1. The summed E-state index contributed by atoms with van der Waals surface area (Å²) < 4.78 is 5.10. The van der Waals surface area contributed by atoms with Gasteiger partial charge in [0, 0.05) is 23.1 Å². The van der Waals surface area contributed by atoms with Gasteiger partial charge < -0.3 is 4.74 Å².